The number of benzene rings is 4. The molecule has 0 unspecified atom stereocenters. The second-order valence-corrected chi connectivity index (χ2v) is 26.1. The molecule has 0 heterocycles. The van der Waals surface area contributed by atoms with Gasteiger partial charge in [0.25, 0.3) is 0 Å². The first-order valence-electron chi connectivity index (χ1n) is 26.3. The van der Waals surface area contributed by atoms with Gasteiger partial charge in [0.15, 0.2) is 0 Å². The Hall–Kier alpha value is -6.30. The van der Waals surface area contributed by atoms with E-state index >= 15 is 0 Å². The monoisotopic (exact) mass is 1030 g/mol. The molecule has 0 bridgehead atoms. The summed E-state index contributed by atoms with van der Waals surface area (Å²) in [6.45, 7) is 44.1. The Balaban J connectivity index is 1.74. The van der Waals surface area contributed by atoms with Crippen LogP contribution in [0.1, 0.15) is 212 Å². The Morgan fingerprint density at radius 2 is 0.533 bits per heavy atom. The van der Waals surface area contributed by atoms with Crippen LogP contribution in [-0.2, 0) is 32.5 Å². The van der Waals surface area contributed by atoms with Crippen molar-refractivity contribution in [1.82, 2.24) is 0 Å². The number of phenols is 6. The quantitative estimate of drug-likeness (QED) is 0.0506. The lowest BCUT2D eigenvalue weighted by Crippen LogP contribution is -2.17. The Labute approximate surface area is 449 Å². The van der Waals surface area contributed by atoms with Crippen LogP contribution in [0.3, 0.4) is 0 Å². The molecule has 0 aliphatic carbocycles. The normalized spacial score (nSPS) is 14.1. The predicted molar refractivity (Wildman–Crippen MR) is 317 cm³/mol. The molecule has 4 aromatic rings. The van der Waals surface area contributed by atoms with Crippen LogP contribution in [-0.4, -0.2) is 106 Å². The first-order valence-corrected chi connectivity index (χ1v) is 26.3. The van der Waals surface area contributed by atoms with E-state index in [-0.39, 0.29) is 106 Å². The third kappa shape index (κ3) is 15.4. The van der Waals surface area contributed by atoms with Gasteiger partial charge >= 0.3 is 0 Å². The number of nitrogens with zero attached hydrogens (tertiary/aromatic N) is 6. The fraction of sp³-hybridized carbons (Fsp3) is 0.524. The fourth-order valence-electron chi connectivity index (χ4n) is 8.57. The fourth-order valence-corrected chi connectivity index (χ4v) is 8.57. The van der Waals surface area contributed by atoms with E-state index in [9.17, 15) is 30.6 Å². The third-order valence-electron chi connectivity index (χ3n) is 13.4. The summed E-state index contributed by atoms with van der Waals surface area (Å²) in [5, 5.41) is 69.8. The maximum atomic E-state index is 12.0. The average molecular weight is 1030 g/mol. The van der Waals surface area contributed by atoms with Crippen molar-refractivity contribution in [2.24, 2.45) is 30.0 Å². The molecule has 0 aliphatic heterocycles. The van der Waals surface area contributed by atoms with Gasteiger partial charge in [-0.25, -0.2) is 0 Å². The molecule has 6 N–H and O–H groups in total. The topological polar surface area (TPSA) is 196 Å². The van der Waals surface area contributed by atoms with Crippen LogP contribution in [0, 0.1) is 0 Å². The summed E-state index contributed by atoms with van der Waals surface area (Å²) in [7, 11) is 0. The highest BCUT2D eigenvalue weighted by Gasteiger charge is 2.30. The van der Waals surface area contributed by atoms with Gasteiger partial charge in [0.2, 0.25) is 0 Å². The highest BCUT2D eigenvalue weighted by atomic mass is 16.3. The molecule has 0 atom stereocenters. The van der Waals surface area contributed by atoms with Crippen molar-refractivity contribution in [3.63, 3.8) is 0 Å². The van der Waals surface area contributed by atoms with Gasteiger partial charge in [-0.2, -0.15) is 0 Å². The van der Waals surface area contributed by atoms with E-state index in [1.165, 1.54) is 0 Å². The SMILES string of the molecule is CC(=NCCN=Cc1cc(C(C)(C)C)cc(C(C)(C)C)c1O)c1c(O)c(C(C)=NCCN=Cc2cc(C(C)(C)C)cc(C(C)(C)C)c2O)c(O)c(C(C)=NCCN=Cc2cc(C(C)(C)C)cc(C(C)(C)C)c2O)c1O. The summed E-state index contributed by atoms with van der Waals surface area (Å²) in [5.41, 5.74) is 7.17. The molecule has 0 aromatic heterocycles. The lowest BCUT2D eigenvalue weighted by Gasteiger charge is -2.27. The number of hydrogen-bond donors (Lipinski definition) is 6. The Bertz CT molecular complexity index is 2580. The molecule has 0 spiro atoms. The molecule has 0 saturated heterocycles. The molecule has 12 heteroatoms. The second-order valence-electron chi connectivity index (χ2n) is 26.1. The van der Waals surface area contributed by atoms with Gasteiger partial charge in [-0.3, -0.25) is 30.0 Å². The molecule has 4 aromatic carbocycles. The van der Waals surface area contributed by atoms with Crippen LogP contribution < -0.4 is 0 Å². The van der Waals surface area contributed by atoms with Crippen LogP contribution >= 0.6 is 0 Å². The molecule has 75 heavy (non-hydrogen) atoms. The lowest BCUT2D eigenvalue weighted by atomic mass is 9.79. The summed E-state index contributed by atoms with van der Waals surface area (Å²) in [4.78, 5) is 28.0. The van der Waals surface area contributed by atoms with E-state index in [4.69, 9.17) is 15.0 Å². The minimum absolute atomic E-state index is 0.0139. The third-order valence-corrected chi connectivity index (χ3v) is 13.4. The molecular formula is C63H90N6O6. The first-order chi connectivity index (χ1) is 34.3. The molecule has 4 rings (SSSR count). The number of aromatic hydroxyl groups is 6. The summed E-state index contributed by atoms with van der Waals surface area (Å²) in [6, 6.07) is 12.1. The van der Waals surface area contributed by atoms with Crippen molar-refractivity contribution >= 4 is 35.8 Å². The van der Waals surface area contributed by atoms with Gasteiger partial charge in [0, 0.05) is 69.2 Å². The zero-order valence-corrected chi connectivity index (χ0v) is 49.3. The van der Waals surface area contributed by atoms with Crippen LogP contribution in [0.4, 0.5) is 0 Å². The smallest absolute Gasteiger partial charge is 0.141 e. The molecule has 0 radical (unpaired) electrons. The second kappa shape index (κ2) is 23.3. The van der Waals surface area contributed by atoms with E-state index in [0.29, 0.717) is 33.8 Å². The van der Waals surface area contributed by atoms with E-state index < -0.39 is 17.2 Å². The van der Waals surface area contributed by atoms with Crippen molar-refractivity contribution in [3.8, 4) is 34.5 Å². The first kappa shape index (κ1) is 61.2. The van der Waals surface area contributed by atoms with Gasteiger partial charge in [0.05, 0.1) is 56.0 Å². The summed E-state index contributed by atoms with van der Waals surface area (Å²) in [5.74, 6) is -0.638. The average Bonchev–Trinajstić information content (AvgIpc) is 3.25. The predicted octanol–water partition coefficient (Wildman–Crippen LogP) is 13.5. The number of aliphatic imine (C=N–C) groups is 6. The highest BCUT2D eigenvalue weighted by Crippen LogP contribution is 2.44. The van der Waals surface area contributed by atoms with Crippen LogP contribution in [0.15, 0.2) is 66.4 Å². The van der Waals surface area contributed by atoms with Gasteiger partial charge in [-0.15, -0.1) is 0 Å². The Morgan fingerprint density at radius 3 is 0.720 bits per heavy atom. The molecule has 0 aliphatic rings. The zero-order valence-electron chi connectivity index (χ0n) is 49.3. The number of rotatable bonds is 15. The van der Waals surface area contributed by atoms with E-state index in [1.807, 2.05) is 18.2 Å². The van der Waals surface area contributed by atoms with Crippen molar-refractivity contribution in [2.45, 2.75) is 178 Å². The minimum Gasteiger partial charge on any atom is -0.507 e. The molecule has 0 saturated carbocycles. The van der Waals surface area contributed by atoms with Gasteiger partial charge in [-0.05, 0) is 88.2 Å². The Morgan fingerprint density at radius 1 is 0.320 bits per heavy atom. The molecule has 408 valence electrons. The number of hydrogen-bond acceptors (Lipinski definition) is 12. The maximum absolute atomic E-state index is 12.0. The number of phenolic OH excluding ortho intramolecular Hbond substituents is 6. The molecule has 12 nitrogen and oxygen atoms in total. The van der Waals surface area contributed by atoms with E-state index in [1.54, 1.807) is 39.4 Å². The van der Waals surface area contributed by atoms with Gasteiger partial charge in [-0.1, -0.05) is 143 Å². The van der Waals surface area contributed by atoms with Crippen LogP contribution in [0.5, 0.6) is 34.5 Å². The van der Waals surface area contributed by atoms with Crippen LogP contribution in [0.25, 0.3) is 0 Å². The van der Waals surface area contributed by atoms with Crippen molar-refractivity contribution in [3.05, 3.63) is 103 Å². The molecule has 0 fully saturated rings. The van der Waals surface area contributed by atoms with Crippen LogP contribution in [0.2, 0.25) is 0 Å². The zero-order chi connectivity index (χ0) is 57.0. The standard InChI is InChI=1S/C63H90N6O6/c1-37(67-25-22-64-34-40-28-43(58(4,5)6)31-46(52(40)70)61(13,14)15)49-55(73)50(38(2)68-26-23-65-35-41-29-44(59(7,8)9)32-47(53(41)71)62(16,17)18)57(75)51(56(49)74)39(3)69-27-24-66-36-42-30-45(60(10,11)12)33-48(54(42)72)63(19,20)21/h28-36,70-75H,22-27H2,1-21H3. The lowest BCUT2D eigenvalue weighted by molar-refractivity contribution is 0.423. The maximum Gasteiger partial charge on any atom is 0.141 e. The van der Waals surface area contributed by atoms with E-state index in [0.717, 1.165) is 33.4 Å². The van der Waals surface area contributed by atoms with Gasteiger partial charge in [0.1, 0.15) is 34.5 Å². The van der Waals surface area contributed by atoms with E-state index in [2.05, 4.69) is 158 Å². The minimum atomic E-state index is -0.398. The summed E-state index contributed by atoms with van der Waals surface area (Å²) < 4.78 is 0. The molecule has 0 amide bonds. The Kier molecular flexibility index (Phi) is 19.0. The highest BCUT2D eigenvalue weighted by molar-refractivity contribution is 6.16. The molecular weight excluding hydrogens is 937 g/mol. The van der Waals surface area contributed by atoms with Gasteiger partial charge < -0.3 is 30.6 Å². The largest absolute Gasteiger partial charge is 0.507 e. The van der Waals surface area contributed by atoms with Crippen molar-refractivity contribution in [1.29, 1.82) is 0 Å². The summed E-state index contributed by atoms with van der Waals surface area (Å²) in [6.07, 6.45) is 4.98. The summed E-state index contributed by atoms with van der Waals surface area (Å²) >= 11 is 0. The van der Waals surface area contributed by atoms with Crippen molar-refractivity contribution < 1.29 is 30.6 Å². The van der Waals surface area contributed by atoms with Crippen molar-refractivity contribution in [2.75, 3.05) is 39.3 Å².